The molecule has 0 spiro atoms. The van der Waals surface area contributed by atoms with Crippen LogP contribution in [0.1, 0.15) is 31.2 Å². The van der Waals surface area contributed by atoms with Gasteiger partial charge in [0.25, 0.3) is 0 Å². The Hall–Kier alpha value is -0.950. The summed E-state index contributed by atoms with van der Waals surface area (Å²) in [4.78, 5) is 17.3. The molecule has 4 rings (SSSR count). The molecule has 1 amide bonds. The van der Waals surface area contributed by atoms with E-state index in [4.69, 9.17) is 4.74 Å². The normalized spacial score (nSPS) is 30.8. The highest BCUT2D eigenvalue weighted by atomic mass is 32.1. The summed E-state index contributed by atoms with van der Waals surface area (Å²) >= 11 is 1.75. The second kappa shape index (κ2) is 7.52. The SMILES string of the molecule is O=C(NCCN1CCCC1)[C@@H]1C[C@@H]2[C@@H](CCN2Cc2ccsc2)O1. The van der Waals surface area contributed by atoms with Crippen LogP contribution in [0.5, 0.6) is 0 Å². The molecule has 1 aromatic rings. The summed E-state index contributed by atoms with van der Waals surface area (Å²) in [6.07, 6.45) is 4.45. The van der Waals surface area contributed by atoms with Gasteiger partial charge in [0, 0.05) is 38.6 Å². The molecule has 1 N–H and O–H groups in total. The number of rotatable bonds is 6. The molecule has 3 fully saturated rings. The summed E-state index contributed by atoms with van der Waals surface area (Å²) in [7, 11) is 0. The highest BCUT2D eigenvalue weighted by Crippen LogP contribution is 2.34. The minimum absolute atomic E-state index is 0.0825. The average Bonchev–Trinajstić information content (AvgIpc) is 3.34. The lowest BCUT2D eigenvalue weighted by Gasteiger charge is -2.22. The van der Waals surface area contributed by atoms with Crippen molar-refractivity contribution in [3.63, 3.8) is 0 Å². The monoisotopic (exact) mass is 349 g/mol. The van der Waals surface area contributed by atoms with Crippen LogP contribution in [0.3, 0.4) is 0 Å². The van der Waals surface area contributed by atoms with Crippen molar-refractivity contribution in [1.82, 2.24) is 15.1 Å². The predicted octanol–water partition coefficient (Wildman–Crippen LogP) is 1.69. The number of ether oxygens (including phenoxy) is 1. The Labute approximate surface area is 148 Å². The molecule has 3 atom stereocenters. The lowest BCUT2D eigenvalue weighted by atomic mass is 10.1. The predicted molar refractivity (Wildman–Crippen MR) is 95.1 cm³/mol. The van der Waals surface area contributed by atoms with Crippen molar-refractivity contribution in [2.24, 2.45) is 0 Å². The third-order valence-corrected chi connectivity index (χ3v) is 6.31. The summed E-state index contributed by atoms with van der Waals surface area (Å²) < 4.78 is 6.05. The first-order valence-electron chi connectivity index (χ1n) is 9.20. The van der Waals surface area contributed by atoms with E-state index in [9.17, 15) is 4.79 Å². The second-order valence-electron chi connectivity index (χ2n) is 7.20. The molecule has 0 radical (unpaired) electrons. The number of amides is 1. The van der Waals surface area contributed by atoms with Gasteiger partial charge in [0.15, 0.2) is 0 Å². The number of hydrogen-bond donors (Lipinski definition) is 1. The van der Waals surface area contributed by atoms with Crippen LogP contribution < -0.4 is 5.32 Å². The van der Waals surface area contributed by atoms with Crippen LogP contribution in [-0.4, -0.2) is 66.7 Å². The molecule has 0 bridgehead atoms. The summed E-state index contributed by atoms with van der Waals surface area (Å²) in [6, 6.07) is 2.59. The van der Waals surface area contributed by atoms with Gasteiger partial charge >= 0.3 is 0 Å². The fourth-order valence-corrected chi connectivity index (χ4v) is 4.93. The Morgan fingerprint density at radius 3 is 3.00 bits per heavy atom. The van der Waals surface area contributed by atoms with Gasteiger partial charge in [0.05, 0.1) is 6.10 Å². The van der Waals surface area contributed by atoms with E-state index in [-0.39, 0.29) is 18.1 Å². The van der Waals surface area contributed by atoms with E-state index in [1.165, 1.54) is 31.5 Å². The first kappa shape index (κ1) is 16.5. The molecule has 3 aliphatic rings. The average molecular weight is 350 g/mol. The fourth-order valence-electron chi connectivity index (χ4n) is 4.27. The van der Waals surface area contributed by atoms with E-state index in [2.05, 4.69) is 31.9 Å². The maximum atomic E-state index is 12.4. The molecule has 3 aliphatic heterocycles. The first-order valence-corrected chi connectivity index (χ1v) is 10.1. The molecular formula is C18H27N3O2S. The van der Waals surface area contributed by atoms with Crippen LogP contribution in [0.25, 0.3) is 0 Å². The molecule has 1 aromatic heterocycles. The third kappa shape index (κ3) is 3.67. The standard InChI is InChI=1S/C18H27N3O2S/c22-18(19-5-9-20-6-1-2-7-20)17-11-15-16(23-17)3-8-21(15)12-14-4-10-24-13-14/h4,10,13,15-17H,1-3,5-9,11-12H2,(H,19,22)/t15-,16-,17+/m1/s1. The third-order valence-electron chi connectivity index (χ3n) is 5.58. The van der Waals surface area contributed by atoms with Gasteiger partial charge in [-0.1, -0.05) is 0 Å². The first-order chi connectivity index (χ1) is 11.8. The Kier molecular flexibility index (Phi) is 5.17. The summed E-state index contributed by atoms with van der Waals surface area (Å²) in [6.45, 7) is 6.13. The molecule has 0 aliphatic carbocycles. The van der Waals surface area contributed by atoms with Crippen LogP contribution in [0, 0.1) is 0 Å². The minimum atomic E-state index is -0.260. The van der Waals surface area contributed by atoms with Gasteiger partial charge in [-0.2, -0.15) is 11.3 Å². The van der Waals surface area contributed by atoms with Gasteiger partial charge in [-0.25, -0.2) is 0 Å². The van der Waals surface area contributed by atoms with Crippen molar-refractivity contribution in [2.45, 2.75) is 50.5 Å². The number of thiophene rings is 1. The van der Waals surface area contributed by atoms with Crippen molar-refractivity contribution in [1.29, 1.82) is 0 Å². The van der Waals surface area contributed by atoms with Crippen LogP contribution in [0.2, 0.25) is 0 Å². The van der Waals surface area contributed by atoms with E-state index in [1.54, 1.807) is 11.3 Å². The topological polar surface area (TPSA) is 44.8 Å². The highest BCUT2D eigenvalue weighted by molar-refractivity contribution is 7.07. The van der Waals surface area contributed by atoms with Crippen LogP contribution in [-0.2, 0) is 16.1 Å². The van der Waals surface area contributed by atoms with Gasteiger partial charge in [0.2, 0.25) is 5.91 Å². The van der Waals surface area contributed by atoms with Gasteiger partial charge < -0.3 is 15.0 Å². The van der Waals surface area contributed by atoms with Gasteiger partial charge in [-0.3, -0.25) is 9.69 Å². The van der Waals surface area contributed by atoms with Crippen LogP contribution >= 0.6 is 11.3 Å². The van der Waals surface area contributed by atoms with Crippen molar-refractivity contribution in [3.8, 4) is 0 Å². The molecule has 4 heterocycles. The van der Waals surface area contributed by atoms with Crippen molar-refractivity contribution in [3.05, 3.63) is 22.4 Å². The Morgan fingerprint density at radius 2 is 2.21 bits per heavy atom. The molecule has 0 unspecified atom stereocenters. The van der Waals surface area contributed by atoms with Crippen molar-refractivity contribution < 1.29 is 9.53 Å². The van der Waals surface area contributed by atoms with Crippen molar-refractivity contribution in [2.75, 3.05) is 32.7 Å². The van der Waals surface area contributed by atoms with Gasteiger partial charge in [0.1, 0.15) is 6.10 Å². The number of likely N-dealkylation sites (tertiary alicyclic amines) is 2. The molecule has 5 nitrogen and oxygen atoms in total. The van der Waals surface area contributed by atoms with E-state index < -0.39 is 0 Å². The van der Waals surface area contributed by atoms with Crippen LogP contribution in [0.4, 0.5) is 0 Å². The highest BCUT2D eigenvalue weighted by Gasteiger charge is 2.45. The summed E-state index contributed by atoms with van der Waals surface area (Å²) in [5, 5.41) is 7.42. The maximum Gasteiger partial charge on any atom is 0.249 e. The zero-order valence-electron chi connectivity index (χ0n) is 14.2. The molecular weight excluding hydrogens is 322 g/mol. The molecule has 0 saturated carbocycles. The van der Waals surface area contributed by atoms with E-state index in [0.717, 1.165) is 39.0 Å². The summed E-state index contributed by atoms with van der Waals surface area (Å²) in [5.41, 5.74) is 1.37. The Morgan fingerprint density at radius 1 is 1.33 bits per heavy atom. The molecule has 132 valence electrons. The lowest BCUT2D eigenvalue weighted by Crippen LogP contribution is -2.40. The van der Waals surface area contributed by atoms with Crippen molar-refractivity contribution >= 4 is 17.2 Å². The molecule has 24 heavy (non-hydrogen) atoms. The number of nitrogens with zero attached hydrogens (tertiary/aromatic N) is 2. The maximum absolute atomic E-state index is 12.4. The number of carbonyl (C=O) groups is 1. The van der Waals surface area contributed by atoms with Gasteiger partial charge in [-0.15, -0.1) is 0 Å². The second-order valence-corrected chi connectivity index (χ2v) is 7.98. The zero-order chi connectivity index (χ0) is 16.4. The van der Waals surface area contributed by atoms with E-state index in [0.29, 0.717) is 6.04 Å². The summed E-state index contributed by atoms with van der Waals surface area (Å²) in [5.74, 6) is 0.0825. The van der Waals surface area contributed by atoms with E-state index >= 15 is 0 Å². The number of nitrogens with one attached hydrogen (secondary N) is 1. The largest absolute Gasteiger partial charge is 0.363 e. The lowest BCUT2D eigenvalue weighted by molar-refractivity contribution is -0.132. The Balaban J connectivity index is 1.24. The van der Waals surface area contributed by atoms with Gasteiger partial charge in [-0.05, 0) is 54.7 Å². The minimum Gasteiger partial charge on any atom is -0.363 e. The van der Waals surface area contributed by atoms with Crippen LogP contribution in [0.15, 0.2) is 16.8 Å². The number of hydrogen-bond acceptors (Lipinski definition) is 5. The molecule has 0 aromatic carbocycles. The smallest absolute Gasteiger partial charge is 0.249 e. The quantitative estimate of drug-likeness (QED) is 0.849. The fraction of sp³-hybridized carbons (Fsp3) is 0.722. The zero-order valence-corrected chi connectivity index (χ0v) is 15.0. The number of carbonyl (C=O) groups excluding carboxylic acids is 1. The molecule has 6 heteroatoms. The van der Waals surface area contributed by atoms with E-state index in [1.807, 2.05) is 0 Å². The molecule has 3 saturated heterocycles. The number of fused-ring (bicyclic) bond motifs is 1. The Bertz CT molecular complexity index is 544.